The summed E-state index contributed by atoms with van der Waals surface area (Å²) < 4.78 is 0. The Balaban J connectivity index is 1.87. The van der Waals surface area contributed by atoms with Crippen LogP contribution in [0.2, 0.25) is 0 Å². The molecular weight excluding hydrogens is 192 g/mol. The molecule has 0 atom stereocenters. The molecule has 0 saturated heterocycles. The Morgan fingerprint density at radius 3 is 2.80 bits per heavy atom. The molecule has 1 amide bonds. The Morgan fingerprint density at radius 1 is 1.60 bits per heavy atom. The quantitative estimate of drug-likeness (QED) is 0.779. The number of aryl methyl sites for hydroxylation is 1. The number of hydrogen-bond acceptors (Lipinski definition) is 3. The van der Waals surface area contributed by atoms with Gasteiger partial charge in [-0.2, -0.15) is 0 Å². The fourth-order valence-corrected chi connectivity index (χ4v) is 1.77. The number of carbonyl (C=O) groups is 1. The van der Waals surface area contributed by atoms with Gasteiger partial charge in [0, 0.05) is 6.54 Å². The van der Waals surface area contributed by atoms with E-state index in [-0.39, 0.29) is 11.7 Å². The summed E-state index contributed by atoms with van der Waals surface area (Å²) in [5, 5.41) is 9.34. The number of amides is 1. The number of hydrogen-bond donors (Lipinski definition) is 2. The molecule has 1 fully saturated rings. The highest BCUT2D eigenvalue weighted by Gasteiger charge is 2.32. The first-order chi connectivity index (χ1) is 7.09. The summed E-state index contributed by atoms with van der Waals surface area (Å²) in [6, 6.07) is 0. The van der Waals surface area contributed by atoms with Crippen molar-refractivity contribution in [1.82, 2.24) is 20.5 Å². The lowest BCUT2D eigenvalue weighted by Crippen LogP contribution is -2.40. The number of H-pyrrole nitrogens is 1. The monoisotopic (exact) mass is 208 g/mol. The van der Waals surface area contributed by atoms with E-state index >= 15 is 0 Å². The van der Waals surface area contributed by atoms with Gasteiger partial charge in [-0.3, -0.25) is 9.89 Å². The summed E-state index contributed by atoms with van der Waals surface area (Å²) >= 11 is 0. The highest BCUT2D eigenvalue weighted by molar-refractivity contribution is 5.90. The maximum Gasteiger partial charge on any atom is 0.290 e. The molecule has 0 bridgehead atoms. The fraction of sp³-hybridized carbons (Fsp3) is 0.700. The van der Waals surface area contributed by atoms with E-state index in [2.05, 4.69) is 27.4 Å². The minimum Gasteiger partial charge on any atom is -0.349 e. The molecule has 0 spiro atoms. The van der Waals surface area contributed by atoms with Crippen LogP contribution in [0.1, 0.15) is 42.6 Å². The van der Waals surface area contributed by atoms with E-state index in [1.807, 2.05) is 0 Å². The van der Waals surface area contributed by atoms with E-state index < -0.39 is 0 Å². The van der Waals surface area contributed by atoms with Gasteiger partial charge in [0.25, 0.3) is 5.91 Å². The summed E-state index contributed by atoms with van der Waals surface area (Å²) in [6.07, 6.45) is 3.66. The smallest absolute Gasteiger partial charge is 0.290 e. The van der Waals surface area contributed by atoms with E-state index in [0.717, 1.165) is 6.54 Å². The Morgan fingerprint density at radius 2 is 2.33 bits per heavy atom. The van der Waals surface area contributed by atoms with Crippen LogP contribution >= 0.6 is 0 Å². The molecule has 2 N–H and O–H groups in total. The third-order valence-electron chi connectivity index (χ3n) is 3.04. The average Bonchev–Trinajstić information content (AvgIpc) is 2.58. The zero-order chi connectivity index (χ0) is 10.9. The van der Waals surface area contributed by atoms with Crippen molar-refractivity contribution in [1.29, 1.82) is 0 Å². The summed E-state index contributed by atoms with van der Waals surface area (Å²) in [5.74, 6) is 0.706. The lowest BCUT2D eigenvalue weighted by Gasteiger charge is -2.38. The van der Waals surface area contributed by atoms with Gasteiger partial charge in [0.1, 0.15) is 5.82 Å². The van der Waals surface area contributed by atoms with Gasteiger partial charge in [-0.05, 0) is 25.2 Å². The molecule has 0 radical (unpaired) electrons. The molecule has 1 heterocycles. The number of nitrogens with one attached hydrogen (secondary N) is 2. The SMILES string of the molecule is Cc1nc(C(=O)NCC2(C)CCC2)n[nH]1. The van der Waals surface area contributed by atoms with Crippen LogP contribution in [0, 0.1) is 12.3 Å². The highest BCUT2D eigenvalue weighted by Crippen LogP contribution is 2.39. The topological polar surface area (TPSA) is 70.7 Å². The minimum atomic E-state index is -0.188. The second kappa shape index (κ2) is 3.64. The molecule has 1 aliphatic rings. The molecule has 1 saturated carbocycles. The lowest BCUT2D eigenvalue weighted by atomic mass is 9.70. The third-order valence-corrected chi connectivity index (χ3v) is 3.04. The van der Waals surface area contributed by atoms with Gasteiger partial charge in [0.2, 0.25) is 5.82 Å². The van der Waals surface area contributed by atoms with Gasteiger partial charge in [-0.1, -0.05) is 13.3 Å². The van der Waals surface area contributed by atoms with E-state index in [0.29, 0.717) is 11.2 Å². The number of aromatic nitrogens is 3. The van der Waals surface area contributed by atoms with Crippen molar-refractivity contribution in [2.45, 2.75) is 33.1 Å². The number of carbonyl (C=O) groups excluding carboxylic acids is 1. The first kappa shape index (κ1) is 10.1. The fourth-order valence-electron chi connectivity index (χ4n) is 1.77. The molecule has 5 heteroatoms. The van der Waals surface area contributed by atoms with Crippen LogP contribution < -0.4 is 5.32 Å². The van der Waals surface area contributed by atoms with Crippen LogP contribution in [0.25, 0.3) is 0 Å². The minimum absolute atomic E-state index is 0.188. The Bertz CT molecular complexity index is 367. The standard InChI is InChI=1S/C10H16N4O/c1-7-12-8(14-13-7)9(15)11-6-10(2)4-3-5-10/h3-6H2,1-2H3,(H,11,15)(H,12,13,14). The van der Waals surface area contributed by atoms with Crippen LogP contribution in [0.5, 0.6) is 0 Å². The number of nitrogens with zero attached hydrogens (tertiary/aromatic N) is 2. The molecular formula is C10H16N4O. The first-order valence-corrected chi connectivity index (χ1v) is 5.26. The van der Waals surface area contributed by atoms with Crippen molar-refractivity contribution in [2.75, 3.05) is 6.54 Å². The molecule has 0 aliphatic heterocycles. The maximum atomic E-state index is 11.6. The molecule has 1 aromatic rings. The van der Waals surface area contributed by atoms with Crippen LogP contribution in [0.15, 0.2) is 0 Å². The normalized spacial score (nSPS) is 18.3. The van der Waals surface area contributed by atoms with Crippen LogP contribution in [0.4, 0.5) is 0 Å². The predicted molar refractivity (Wildman–Crippen MR) is 55.4 cm³/mol. The van der Waals surface area contributed by atoms with E-state index in [4.69, 9.17) is 0 Å². The average molecular weight is 208 g/mol. The molecule has 2 rings (SSSR count). The van der Waals surface area contributed by atoms with Crippen molar-refractivity contribution >= 4 is 5.91 Å². The summed E-state index contributed by atoms with van der Waals surface area (Å²) in [7, 11) is 0. The van der Waals surface area contributed by atoms with Gasteiger partial charge in [-0.25, -0.2) is 4.98 Å². The molecule has 1 aromatic heterocycles. The molecule has 82 valence electrons. The number of rotatable bonds is 3. The zero-order valence-corrected chi connectivity index (χ0v) is 9.13. The van der Waals surface area contributed by atoms with Crippen molar-refractivity contribution in [3.8, 4) is 0 Å². The van der Waals surface area contributed by atoms with E-state index in [9.17, 15) is 4.79 Å². The van der Waals surface area contributed by atoms with Crippen LogP contribution in [-0.2, 0) is 0 Å². The summed E-state index contributed by atoms with van der Waals surface area (Å²) in [6.45, 7) is 4.69. The van der Waals surface area contributed by atoms with E-state index in [1.54, 1.807) is 6.92 Å². The number of aromatic amines is 1. The van der Waals surface area contributed by atoms with Crippen molar-refractivity contribution in [3.63, 3.8) is 0 Å². The predicted octanol–water partition coefficient (Wildman–Crippen LogP) is 1.03. The van der Waals surface area contributed by atoms with Gasteiger partial charge in [0.05, 0.1) is 0 Å². The lowest BCUT2D eigenvalue weighted by molar-refractivity contribution is 0.0881. The van der Waals surface area contributed by atoms with Crippen molar-refractivity contribution in [3.05, 3.63) is 11.6 Å². The van der Waals surface area contributed by atoms with Gasteiger partial charge < -0.3 is 5.32 Å². The van der Waals surface area contributed by atoms with Gasteiger partial charge in [0.15, 0.2) is 0 Å². The molecule has 0 unspecified atom stereocenters. The Hall–Kier alpha value is -1.39. The molecule has 15 heavy (non-hydrogen) atoms. The largest absolute Gasteiger partial charge is 0.349 e. The van der Waals surface area contributed by atoms with E-state index in [1.165, 1.54) is 19.3 Å². The maximum absolute atomic E-state index is 11.6. The van der Waals surface area contributed by atoms with Gasteiger partial charge >= 0.3 is 0 Å². The van der Waals surface area contributed by atoms with Gasteiger partial charge in [-0.15, -0.1) is 5.10 Å². The van der Waals surface area contributed by atoms with Crippen molar-refractivity contribution < 1.29 is 4.79 Å². The van der Waals surface area contributed by atoms with Crippen molar-refractivity contribution in [2.24, 2.45) is 5.41 Å². The second-order valence-electron chi connectivity index (χ2n) is 4.59. The summed E-state index contributed by atoms with van der Waals surface area (Å²) in [5.41, 5.74) is 0.293. The molecule has 0 aromatic carbocycles. The zero-order valence-electron chi connectivity index (χ0n) is 9.13. The Labute approximate surface area is 88.7 Å². The first-order valence-electron chi connectivity index (χ1n) is 5.26. The third kappa shape index (κ3) is 2.16. The highest BCUT2D eigenvalue weighted by atomic mass is 16.2. The Kier molecular flexibility index (Phi) is 2.46. The molecule has 5 nitrogen and oxygen atoms in total. The summed E-state index contributed by atoms with van der Waals surface area (Å²) in [4.78, 5) is 15.6. The second-order valence-corrected chi connectivity index (χ2v) is 4.59. The van der Waals surface area contributed by atoms with Crippen LogP contribution in [-0.4, -0.2) is 27.6 Å². The van der Waals surface area contributed by atoms with Crippen LogP contribution in [0.3, 0.4) is 0 Å². The molecule has 1 aliphatic carbocycles.